The van der Waals surface area contributed by atoms with Crippen molar-refractivity contribution in [3.05, 3.63) is 10.1 Å². The lowest BCUT2D eigenvalue weighted by molar-refractivity contribution is -0.793. The van der Waals surface area contributed by atoms with Crippen LogP contribution in [-0.4, -0.2) is 63.5 Å². The first-order chi connectivity index (χ1) is 12.2. The van der Waals surface area contributed by atoms with Crippen molar-refractivity contribution in [3.63, 3.8) is 0 Å². The summed E-state index contributed by atoms with van der Waals surface area (Å²) in [6.45, 7) is 3.69. The quantitative estimate of drug-likeness (QED) is 0.206. The minimum absolute atomic E-state index is 0.0589. The minimum atomic E-state index is -1.14. The summed E-state index contributed by atoms with van der Waals surface area (Å²) in [5.74, 6) is -0.848. The topological polar surface area (TPSA) is 133 Å². The molecule has 1 aliphatic heterocycles. The zero-order valence-electron chi connectivity index (χ0n) is 14.9. The second-order valence-electron chi connectivity index (χ2n) is 6.28. The van der Waals surface area contributed by atoms with E-state index in [2.05, 4.69) is 4.84 Å². The molecule has 1 N–H and O–H groups in total. The van der Waals surface area contributed by atoms with Gasteiger partial charge in [0.1, 0.15) is 6.04 Å². The Bertz CT molecular complexity index is 544. The molecule has 0 saturated carbocycles. The molecule has 11 heteroatoms. The average molecular weight is 393 g/mol. The molecule has 0 spiro atoms. The number of carbonyl (C=O) groups excluding carboxylic acids is 2. The molecule has 1 aliphatic rings. The summed E-state index contributed by atoms with van der Waals surface area (Å²) >= 11 is 0.828. The Morgan fingerprint density at radius 2 is 2.00 bits per heavy atom. The van der Waals surface area contributed by atoms with E-state index in [9.17, 15) is 29.6 Å². The van der Waals surface area contributed by atoms with Crippen LogP contribution in [0, 0.1) is 16.0 Å². The Labute approximate surface area is 155 Å². The fourth-order valence-electron chi connectivity index (χ4n) is 2.98. The lowest BCUT2D eigenvalue weighted by atomic mass is 10.1. The van der Waals surface area contributed by atoms with E-state index in [0.29, 0.717) is 25.7 Å². The number of carboxylic acid groups (broad SMARTS) is 1. The van der Waals surface area contributed by atoms with E-state index in [1.54, 1.807) is 13.8 Å². The number of unbranched alkanes of at least 4 members (excludes halogenated alkanes) is 1. The Balaban J connectivity index is 2.35. The zero-order chi connectivity index (χ0) is 19.7. The van der Waals surface area contributed by atoms with Crippen LogP contribution in [0.3, 0.4) is 0 Å². The molecule has 1 unspecified atom stereocenters. The molecule has 3 atom stereocenters. The molecule has 0 radical (unpaired) electrons. The van der Waals surface area contributed by atoms with Crippen molar-refractivity contribution in [3.8, 4) is 0 Å². The summed E-state index contributed by atoms with van der Waals surface area (Å²) in [4.78, 5) is 50.1. The number of rotatable bonds is 9. The molecule has 1 saturated heterocycles. The molecule has 2 amide bonds. The number of imide groups is 1. The van der Waals surface area contributed by atoms with Crippen molar-refractivity contribution >= 4 is 29.1 Å². The van der Waals surface area contributed by atoms with Crippen LogP contribution in [-0.2, 0) is 14.4 Å². The smallest absolute Gasteiger partial charge is 0.458 e. The predicted molar refractivity (Wildman–Crippen MR) is 92.0 cm³/mol. The highest BCUT2D eigenvalue weighted by molar-refractivity contribution is 8.13. The van der Waals surface area contributed by atoms with Crippen LogP contribution in [0.25, 0.3) is 0 Å². The van der Waals surface area contributed by atoms with Gasteiger partial charge in [0, 0.05) is 18.6 Å². The normalized spacial score (nSPS) is 23.2. The van der Waals surface area contributed by atoms with Crippen LogP contribution >= 0.6 is 11.8 Å². The van der Waals surface area contributed by atoms with Gasteiger partial charge in [0.05, 0.1) is 25.7 Å². The molecule has 0 bridgehead atoms. The van der Waals surface area contributed by atoms with Gasteiger partial charge < -0.3 is 14.7 Å². The van der Waals surface area contributed by atoms with Gasteiger partial charge in [-0.15, -0.1) is 10.1 Å². The van der Waals surface area contributed by atoms with E-state index < -0.39 is 26.9 Å². The Morgan fingerprint density at radius 3 is 2.54 bits per heavy atom. The molecule has 1 heterocycles. The SMILES string of the molecule is C[C@H](CSC(=O)OCCCCO[N+](=O)[O-])C(=O)[N+]1(C(=O)O)CCC[C@H]1C. The fraction of sp³-hybridized carbons (Fsp3) is 0.800. The molecule has 10 nitrogen and oxygen atoms in total. The number of ether oxygens (including phenoxy) is 1. The third-order valence-corrected chi connectivity index (χ3v) is 5.47. The molecular weight excluding hydrogens is 368 g/mol. The maximum Gasteiger partial charge on any atom is 0.521 e. The highest BCUT2D eigenvalue weighted by Crippen LogP contribution is 2.31. The highest BCUT2D eigenvalue weighted by atomic mass is 32.2. The van der Waals surface area contributed by atoms with Crippen LogP contribution in [0.1, 0.15) is 39.5 Å². The maximum absolute atomic E-state index is 12.7. The van der Waals surface area contributed by atoms with Gasteiger partial charge in [-0.3, -0.25) is 0 Å². The van der Waals surface area contributed by atoms with Crippen LogP contribution in [0.5, 0.6) is 0 Å². The number of thioether (sulfide) groups is 1. The molecule has 148 valence electrons. The summed E-state index contributed by atoms with van der Waals surface area (Å²) in [5.41, 5.74) is 0. The van der Waals surface area contributed by atoms with Gasteiger partial charge in [-0.1, -0.05) is 0 Å². The lowest BCUT2D eigenvalue weighted by Crippen LogP contribution is -2.60. The van der Waals surface area contributed by atoms with E-state index in [1.807, 2.05) is 0 Å². The van der Waals surface area contributed by atoms with E-state index in [1.165, 1.54) is 0 Å². The second kappa shape index (κ2) is 10.3. The van der Waals surface area contributed by atoms with Gasteiger partial charge in [-0.25, -0.2) is 9.59 Å². The molecule has 0 aromatic carbocycles. The Kier molecular flexibility index (Phi) is 8.79. The Hall–Kier alpha value is -1.88. The first-order valence-corrected chi connectivity index (χ1v) is 9.43. The van der Waals surface area contributed by atoms with Crippen LogP contribution in [0.15, 0.2) is 0 Å². The summed E-state index contributed by atoms with van der Waals surface area (Å²) in [5, 5.41) is 18.1. The van der Waals surface area contributed by atoms with E-state index in [0.717, 1.165) is 11.8 Å². The van der Waals surface area contributed by atoms with Gasteiger partial charge in [0.25, 0.3) is 5.09 Å². The summed E-state index contributed by atoms with van der Waals surface area (Å²) in [6.07, 6.45) is 1.02. The van der Waals surface area contributed by atoms with Crippen molar-refractivity contribution in [2.75, 3.05) is 25.5 Å². The molecule has 1 rings (SSSR count). The van der Waals surface area contributed by atoms with Gasteiger partial charge in [0.15, 0.2) is 0 Å². The van der Waals surface area contributed by atoms with Crippen molar-refractivity contribution < 1.29 is 38.6 Å². The largest absolute Gasteiger partial charge is 0.521 e. The number of quaternary nitrogens is 1. The molecule has 26 heavy (non-hydrogen) atoms. The molecule has 0 aromatic heterocycles. The highest BCUT2D eigenvalue weighted by Gasteiger charge is 2.54. The number of hydrogen-bond donors (Lipinski definition) is 1. The van der Waals surface area contributed by atoms with Crippen LogP contribution in [0.4, 0.5) is 9.59 Å². The number of hydrogen-bond acceptors (Lipinski definition) is 8. The number of likely N-dealkylation sites (tertiary alicyclic amines) is 1. The standard InChI is InChI=1S/C15H24N2O8S/c1-11(13(18)17(14(19)20)7-5-6-12(17)2)10-26-15(21)24-8-3-4-9-25-16(22)23/h11-12H,3-10H2,1-2H3/p+1/t11-,12-,17?/m1/s1. The van der Waals surface area contributed by atoms with Crippen molar-refractivity contribution in [2.45, 2.75) is 45.6 Å². The number of carbonyl (C=O) groups is 3. The van der Waals surface area contributed by atoms with Gasteiger partial charge in [-0.05, 0) is 38.5 Å². The average Bonchev–Trinajstić information content (AvgIpc) is 2.97. The molecule has 1 fully saturated rings. The number of nitrogens with zero attached hydrogens (tertiary/aromatic N) is 2. The number of amides is 2. The first-order valence-electron chi connectivity index (χ1n) is 8.44. The summed E-state index contributed by atoms with van der Waals surface area (Å²) in [6, 6.07) is -0.277. The molecule has 0 aromatic rings. The second-order valence-corrected chi connectivity index (χ2v) is 7.23. The third kappa shape index (κ3) is 5.84. The zero-order valence-corrected chi connectivity index (χ0v) is 15.7. The lowest BCUT2D eigenvalue weighted by Gasteiger charge is -2.31. The predicted octanol–water partition coefficient (Wildman–Crippen LogP) is 2.68. The molecule has 0 aliphatic carbocycles. The van der Waals surface area contributed by atoms with Crippen LogP contribution in [0.2, 0.25) is 0 Å². The van der Waals surface area contributed by atoms with Crippen molar-refractivity contribution in [1.29, 1.82) is 0 Å². The minimum Gasteiger partial charge on any atom is -0.458 e. The maximum atomic E-state index is 12.7. The van der Waals surface area contributed by atoms with Crippen LogP contribution < -0.4 is 0 Å². The fourth-order valence-corrected chi connectivity index (χ4v) is 3.68. The van der Waals surface area contributed by atoms with Crippen molar-refractivity contribution in [1.82, 2.24) is 0 Å². The first kappa shape index (κ1) is 22.2. The summed E-state index contributed by atoms with van der Waals surface area (Å²) < 4.78 is 4.39. The van der Waals surface area contributed by atoms with E-state index in [4.69, 9.17) is 4.74 Å². The monoisotopic (exact) mass is 393 g/mol. The Morgan fingerprint density at radius 1 is 1.35 bits per heavy atom. The van der Waals surface area contributed by atoms with Gasteiger partial charge in [0.2, 0.25) is 0 Å². The van der Waals surface area contributed by atoms with E-state index in [-0.39, 0.29) is 37.5 Å². The van der Waals surface area contributed by atoms with Gasteiger partial charge in [-0.2, -0.15) is 9.28 Å². The summed E-state index contributed by atoms with van der Waals surface area (Å²) in [7, 11) is 0. The third-order valence-electron chi connectivity index (χ3n) is 4.45. The van der Waals surface area contributed by atoms with Gasteiger partial charge >= 0.3 is 17.3 Å². The van der Waals surface area contributed by atoms with E-state index >= 15 is 0 Å². The molecular formula is C15H25N2O8S+. The van der Waals surface area contributed by atoms with Crippen molar-refractivity contribution in [2.24, 2.45) is 5.92 Å².